The van der Waals surface area contributed by atoms with Crippen LogP contribution in [0.2, 0.25) is 5.02 Å². The number of non-ortho nitro benzene ring substituents is 1. The SMILES string of the molecule is O=C(Nc1ccc(Cl)cc1)/C(Cc1cccc[n+]1[O-])=N\Nc1ccc([N+](=O)[O-])cc1[N+](=O)[O-]. The zero-order valence-electron chi connectivity index (χ0n) is 16.7. The lowest BCUT2D eigenvalue weighted by Gasteiger charge is -2.10. The molecule has 0 aliphatic heterocycles. The first-order valence-electron chi connectivity index (χ1n) is 9.24. The average molecular weight is 471 g/mol. The van der Waals surface area contributed by atoms with Gasteiger partial charge in [-0.2, -0.15) is 9.83 Å². The van der Waals surface area contributed by atoms with Gasteiger partial charge in [-0.05, 0) is 36.4 Å². The minimum Gasteiger partial charge on any atom is -0.618 e. The van der Waals surface area contributed by atoms with Gasteiger partial charge < -0.3 is 10.5 Å². The van der Waals surface area contributed by atoms with Gasteiger partial charge in [-0.25, -0.2) is 0 Å². The molecule has 33 heavy (non-hydrogen) atoms. The molecule has 13 heteroatoms. The molecule has 0 saturated carbocycles. The number of amides is 1. The van der Waals surface area contributed by atoms with Crippen LogP contribution in [0.4, 0.5) is 22.7 Å². The van der Waals surface area contributed by atoms with Crippen molar-refractivity contribution in [3.05, 3.63) is 103 Å². The molecule has 0 unspecified atom stereocenters. The maximum absolute atomic E-state index is 12.8. The zero-order chi connectivity index (χ0) is 24.0. The van der Waals surface area contributed by atoms with E-state index in [1.807, 2.05) is 0 Å². The summed E-state index contributed by atoms with van der Waals surface area (Å²) in [7, 11) is 0. The number of hydrogen-bond acceptors (Lipinski definition) is 8. The number of nitrogens with one attached hydrogen (secondary N) is 2. The highest BCUT2D eigenvalue weighted by molar-refractivity contribution is 6.43. The highest BCUT2D eigenvalue weighted by atomic mass is 35.5. The Hall–Kier alpha value is -4.58. The molecular weight excluding hydrogens is 456 g/mol. The van der Waals surface area contributed by atoms with Gasteiger partial charge in [0.05, 0.1) is 22.3 Å². The molecule has 0 aliphatic rings. The fourth-order valence-electron chi connectivity index (χ4n) is 2.69. The molecule has 1 amide bonds. The first-order chi connectivity index (χ1) is 15.7. The van der Waals surface area contributed by atoms with Crippen LogP contribution in [0.15, 0.2) is 72.0 Å². The monoisotopic (exact) mass is 470 g/mol. The Morgan fingerprint density at radius 1 is 1.03 bits per heavy atom. The molecule has 0 aliphatic carbocycles. The number of aromatic nitrogens is 1. The second kappa shape index (κ2) is 10.2. The van der Waals surface area contributed by atoms with Crippen molar-refractivity contribution in [3.63, 3.8) is 0 Å². The van der Waals surface area contributed by atoms with E-state index in [-0.39, 0.29) is 23.5 Å². The van der Waals surface area contributed by atoms with Gasteiger partial charge in [0.15, 0.2) is 11.9 Å². The Morgan fingerprint density at radius 3 is 2.39 bits per heavy atom. The molecule has 1 aromatic heterocycles. The third kappa shape index (κ3) is 5.98. The quantitative estimate of drug-likeness (QED) is 0.167. The van der Waals surface area contributed by atoms with Crippen LogP contribution in [0.5, 0.6) is 0 Å². The van der Waals surface area contributed by atoms with E-state index in [1.165, 1.54) is 18.3 Å². The first-order valence-corrected chi connectivity index (χ1v) is 9.62. The molecule has 3 aromatic rings. The lowest BCUT2D eigenvalue weighted by molar-refractivity contribution is -0.613. The fraction of sp³-hybridized carbons (Fsp3) is 0.0500. The number of nitro groups is 2. The van der Waals surface area contributed by atoms with Crippen LogP contribution < -0.4 is 15.5 Å². The summed E-state index contributed by atoms with van der Waals surface area (Å²) in [6, 6.07) is 13.8. The summed E-state index contributed by atoms with van der Waals surface area (Å²) < 4.78 is 0.555. The number of nitrogens with zero attached hydrogens (tertiary/aromatic N) is 4. The summed E-state index contributed by atoms with van der Waals surface area (Å²) in [4.78, 5) is 33.5. The van der Waals surface area contributed by atoms with Gasteiger partial charge in [-0.1, -0.05) is 11.6 Å². The number of rotatable bonds is 8. The van der Waals surface area contributed by atoms with Crippen LogP contribution in [-0.4, -0.2) is 21.5 Å². The van der Waals surface area contributed by atoms with Crippen LogP contribution in [-0.2, 0) is 11.2 Å². The Balaban J connectivity index is 1.93. The molecule has 0 radical (unpaired) electrons. The van der Waals surface area contributed by atoms with Crippen LogP contribution in [0.1, 0.15) is 5.69 Å². The minimum absolute atomic E-state index is 0.173. The van der Waals surface area contributed by atoms with E-state index in [9.17, 15) is 30.2 Å². The van der Waals surface area contributed by atoms with E-state index in [1.54, 1.807) is 30.3 Å². The van der Waals surface area contributed by atoms with Crippen molar-refractivity contribution in [2.45, 2.75) is 6.42 Å². The smallest absolute Gasteiger partial charge is 0.301 e. The highest BCUT2D eigenvalue weighted by Gasteiger charge is 2.21. The maximum atomic E-state index is 12.8. The Bertz CT molecular complexity index is 1250. The van der Waals surface area contributed by atoms with E-state index >= 15 is 0 Å². The average Bonchev–Trinajstić information content (AvgIpc) is 2.79. The molecule has 12 nitrogen and oxygen atoms in total. The maximum Gasteiger partial charge on any atom is 0.301 e. The van der Waals surface area contributed by atoms with Crippen molar-refractivity contribution in [1.82, 2.24) is 0 Å². The molecule has 0 saturated heterocycles. The molecule has 168 valence electrons. The van der Waals surface area contributed by atoms with Crippen molar-refractivity contribution < 1.29 is 19.4 Å². The van der Waals surface area contributed by atoms with Gasteiger partial charge >= 0.3 is 5.69 Å². The second-order valence-electron chi connectivity index (χ2n) is 6.54. The summed E-state index contributed by atoms with van der Waals surface area (Å²) in [5, 5.41) is 41.3. The number of halogens is 1. The van der Waals surface area contributed by atoms with Crippen LogP contribution in [0.25, 0.3) is 0 Å². The summed E-state index contributed by atoms with van der Waals surface area (Å²) in [5.74, 6) is -0.682. The molecule has 2 N–H and O–H groups in total. The predicted octanol–water partition coefficient (Wildman–Crippen LogP) is 3.44. The summed E-state index contributed by atoms with van der Waals surface area (Å²) in [6.45, 7) is 0. The molecule has 0 atom stereocenters. The van der Waals surface area contributed by atoms with Crippen molar-refractivity contribution in [2.75, 3.05) is 10.7 Å². The number of hydrogen-bond donors (Lipinski definition) is 2. The second-order valence-corrected chi connectivity index (χ2v) is 6.98. The van der Waals surface area contributed by atoms with Crippen molar-refractivity contribution >= 4 is 46.0 Å². The van der Waals surface area contributed by atoms with Crippen molar-refractivity contribution in [1.29, 1.82) is 0 Å². The number of carbonyl (C=O) groups excluding carboxylic acids is 1. The summed E-state index contributed by atoms with van der Waals surface area (Å²) in [5.41, 5.74) is 1.57. The molecule has 2 aromatic carbocycles. The third-order valence-electron chi connectivity index (χ3n) is 4.32. The largest absolute Gasteiger partial charge is 0.618 e. The van der Waals surface area contributed by atoms with Crippen molar-refractivity contribution in [3.8, 4) is 0 Å². The van der Waals surface area contributed by atoms with E-state index < -0.39 is 27.1 Å². The minimum atomic E-state index is -0.818. The van der Waals surface area contributed by atoms with Crippen LogP contribution >= 0.6 is 11.6 Å². The number of anilines is 2. The van der Waals surface area contributed by atoms with Gasteiger partial charge in [-0.3, -0.25) is 30.4 Å². The molecular formula is C20H15ClN6O6. The predicted molar refractivity (Wildman–Crippen MR) is 120 cm³/mol. The normalized spacial score (nSPS) is 11.0. The number of benzene rings is 2. The van der Waals surface area contributed by atoms with Gasteiger partial charge in [0.25, 0.3) is 11.6 Å². The van der Waals surface area contributed by atoms with E-state index in [0.29, 0.717) is 15.4 Å². The Kier molecular flexibility index (Phi) is 7.10. The van der Waals surface area contributed by atoms with Gasteiger partial charge in [-0.15, -0.1) is 0 Å². The van der Waals surface area contributed by atoms with Crippen LogP contribution in [0, 0.1) is 25.4 Å². The molecule has 3 rings (SSSR count). The van der Waals surface area contributed by atoms with Gasteiger partial charge in [0, 0.05) is 28.9 Å². The molecule has 1 heterocycles. The highest BCUT2D eigenvalue weighted by Crippen LogP contribution is 2.29. The van der Waals surface area contributed by atoms with Crippen molar-refractivity contribution in [2.24, 2.45) is 5.10 Å². The topological polar surface area (TPSA) is 167 Å². The first kappa shape index (κ1) is 23.1. The molecule has 0 fully saturated rings. The molecule has 0 spiro atoms. The number of carbonyl (C=O) groups is 1. The zero-order valence-corrected chi connectivity index (χ0v) is 17.4. The van der Waals surface area contributed by atoms with Gasteiger partial charge in [0.2, 0.25) is 0 Å². The third-order valence-corrected chi connectivity index (χ3v) is 4.57. The lowest BCUT2D eigenvalue weighted by Crippen LogP contribution is -2.35. The number of pyridine rings is 1. The Morgan fingerprint density at radius 2 is 1.76 bits per heavy atom. The van der Waals surface area contributed by atoms with E-state index in [2.05, 4.69) is 15.8 Å². The number of hydrazone groups is 1. The summed E-state index contributed by atoms with van der Waals surface area (Å²) in [6.07, 6.45) is 1.04. The lowest BCUT2D eigenvalue weighted by atomic mass is 10.1. The van der Waals surface area contributed by atoms with E-state index in [4.69, 9.17) is 11.6 Å². The fourth-order valence-corrected chi connectivity index (χ4v) is 2.81. The van der Waals surface area contributed by atoms with Crippen LogP contribution in [0.3, 0.4) is 0 Å². The van der Waals surface area contributed by atoms with E-state index in [0.717, 1.165) is 18.2 Å². The molecule has 0 bridgehead atoms. The standard InChI is InChI=1S/C20H15ClN6O6/c21-13-4-6-14(7-5-13)22-20(28)18(11-15-3-1-2-10-25(15)29)24-23-17-9-8-16(26(30)31)12-19(17)27(32)33/h1-10,12,23H,11H2,(H,22,28)/b24-18-. The van der Waals surface area contributed by atoms with Gasteiger partial charge in [0.1, 0.15) is 11.4 Å². The number of nitro benzene ring substituents is 2. The Labute approximate surface area is 191 Å². The summed E-state index contributed by atoms with van der Waals surface area (Å²) >= 11 is 5.84.